The lowest BCUT2D eigenvalue weighted by Crippen LogP contribution is -1.90. The molecule has 53 valence electrons. The Balaban J connectivity index is 3.17. The van der Waals surface area contributed by atoms with E-state index in [-0.39, 0.29) is 5.82 Å². The van der Waals surface area contributed by atoms with Crippen LogP contribution in [0.25, 0.3) is 0 Å². The van der Waals surface area contributed by atoms with Crippen molar-refractivity contribution in [3.63, 3.8) is 0 Å². The van der Waals surface area contributed by atoms with E-state index in [2.05, 4.69) is 6.92 Å². The van der Waals surface area contributed by atoms with Crippen molar-refractivity contribution in [1.82, 2.24) is 0 Å². The Morgan fingerprint density at radius 2 is 2.20 bits per heavy atom. The number of hydrogen-bond acceptors (Lipinski definition) is 0. The Kier molecular flexibility index (Phi) is 2.05. The third-order valence-corrected chi connectivity index (χ3v) is 1.57. The van der Waals surface area contributed by atoms with Crippen LogP contribution in [0.3, 0.4) is 0 Å². The van der Waals surface area contributed by atoms with Crippen LogP contribution in [0.4, 0.5) is 4.39 Å². The second-order valence-electron chi connectivity index (χ2n) is 2.23. The minimum absolute atomic E-state index is 0.144. The lowest BCUT2D eigenvalue weighted by atomic mass is 10.1. The van der Waals surface area contributed by atoms with Gasteiger partial charge in [0.05, 0.1) is 0 Å². The predicted molar refractivity (Wildman–Crippen MR) is 40.2 cm³/mol. The van der Waals surface area contributed by atoms with E-state index in [0.29, 0.717) is 6.42 Å². The molecule has 0 bridgehead atoms. The fourth-order valence-corrected chi connectivity index (χ4v) is 0.999. The molecule has 1 heteroatoms. The van der Waals surface area contributed by atoms with Crippen molar-refractivity contribution in [1.29, 1.82) is 0 Å². The Bertz CT molecular complexity index is 208. The SMILES string of the molecule is [CH2]c1cccc(F)c1CC. The van der Waals surface area contributed by atoms with Crippen LogP contribution in [0.1, 0.15) is 18.1 Å². The second kappa shape index (κ2) is 2.82. The van der Waals surface area contributed by atoms with Crippen molar-refractivity contribution in [2.75, 3.05) is 0 Å². The summed E-state index contributed by atoms with van der Waals surface area (Å²) in [7, 11) is 0. The van der Waals surface area contributed by atoms with Crippen molar-refractivity contribution in [2.24, 2.45) is 0 Å². The quantitative estimate of drug-likeness (QED) is 0.558. The van der Waals surface area contributed by atoms with Gasteiger partial charge in [0.2, 0.25) is 0 Å². The van der Waals surface area contributed by atoms with E-state index >= 15 is 0 Å². The zero-order valence-corrected chi connectivity index (χ0v) is 6.02. The molecule has 0 N–H and O–H groups in total. The molecule has 0 fully saturated rings. The molecule has 0 unspecified atom stereocenters. The summed E-state index contributed by atoms with van der Waals surface area (Å²) in [6.07, 6.45) is 0.714. The molecular formula is C9H10F. The molecule has 10 heavy (non-hydrogen) atoms. The van der Waals surface area contributed by atoms with Crippen LogP contribution in [-0.2, 0) is 6.42 Å². The highest BCUT2D eigenvalue weighted by atomic mass is 19.1. The molecule has 0 atom stereocenters. The van der Waals surface area contributed by atoms with Crippen LogP contribution >= 0.6 is 0 Å². The van der Waals surface area contributed by atoms with Gasteiger partial charge >= 0.3 is 0 Å². The van der Waals surface area contributed by atoms with Gasteiger partial charge in [0.25, 0.3) is 0 Å². The monoisotopic (exact) mass is 137 g/mol. The molecule has 0 saturated carbocycles. The minimum Gasteiger partial charge on any atom is -0.207 e. The molecule has 0 amide bonds. The topological polar surface area (TPSA) is 0 Å². The Labute approximate surface area is 60.7 Å². The summed E-state index contributed by atoms with van der Waals surface area (Å²) < 4.78 is 12.8. The molecule has 0 saturated heterocycles. The molecule has 0 aliphatic heterocycles. The average Bonchev–Trinajstić information content (AvgIpc) is 1.88. The van der Waals surface area contributed by atoms with Gasteiger partial charge in [0.1, 0.15) is 5.82 Å². The summed E-state index contributed by atoms with van der Waals surface area (Å²) in [4.78, 5) is 0. The first-order valence-electron chi connectivity index (χ1n) is 3.35. The lowest BCUT2D eigenvalue weighted by molar-refractivity contribution is 0.611. The fraction of sp³-hybridized carbons (Fsp3) is 0.222. The molecule has 1 radical (unpaired) electrons. The van der Waals surface area contributed by atoms with Gasteiger partial charge in [-0.25, -0.2) is 4.39 Å². The number of hydrogen-bond donors (Lipinski definition) is 0. The van der Waals surface area contributed by atoms with Gasteiger partial charge < -0.3 is 0 Å². The van der Waals surface area contributed by atoms with Gasteiger partial charge in [0, 0.05) is 0 Å². The normalized spacial score (nSPS) is 9.90. The summed E-state index contributed by atoms with van der Waals surface area (Å²) in [6.45, 7) is 5.64. The van der Waals surface area contributed by atoms with E-state index in [0.717, 1.165) is 11.1 Å². The Hall–Kier alpha value is -0.850. The van der Waals surface area contributed by atoms with Crippen LogP contribution < -0.4 is 0 Å². The average molecular weight is 137 g/mol. The maximum Gasteiger partial charge on any atom is 0.126 e. The van der Waals surface area contributed by atoms with Gasteiger partial charge in [0.15, 0.2) is 0 Å². The Morgan fingerprint density at radius 3 is 2.60 bits per heavy atom. The predicted octanol–water partition coefficient (Wildman–Crippen LogP) is 2.57. The van der Waals surface area contributed by atoms with Crippen molar-refractivity contribution < 1.29 is 4.39 Å². The van der Waals surface area contributed by atoms with Crippen molar-refractivity contribution in [3.05, 3.63) is 42.1 Å². The van der Waals surface area contributed by atoms with E-state index in [9.17, 15) is 4.39 Å². The number of rotatable bonds is 1. The molecule has 0 heterocycles. The van der Waals surface area contributed by atoms with Crippen molar-refractivity contribution in [2.45, 2.75) is 13.3 Å². The van der Waals surface area contributed by atoms with Crippen LogP contribution in [0.5, 0.6) is 0 Å². The van der Waals surface area contributed by atoms with Crippen molar-refractivity contribution in [3.8, 4) is 0 Å². The molecule has 0 aliphatic rings. The summed E-state index contributed by atoms with van der Waals surface area (Å²) in [5.74, 6) is -0.144. The highest BCUT2D eigenvalue weighted by Gasteiger charge is 2.00. The van der Waals surface area contributed by atoms with Gasteiger partial charge in [-0.1, -0.05) is 19.1 Å². The highest BCUT2D eigenvalue weighted by molar-refractivity contribution is 5.30. The third-order valence-electron chi connectivity index (χ3n) is 1.57. The zero-order chi connectivity index (χ0) is 7.56. The van der Waals surface area contributed by atoms with Crippen LogP contribution in [-0.4, -0.2) is 0 Å². The highest BCUT2D eigenvalue weighted by Crippen LogP contribution is 2.12. The van der Waals surface area contributed by atoms with E-state index in [1.165, 1.54) is 6.07 Å². The molecule has 1 rings (SSSR count). The molecular weight excluding hydrogens is 127 g/mol. The maximum absolute atomic E-state index is 12.8. The van der Waals surface area contributed by atoms with Gasteiger partial charge in [-0.2, -0.15) is 0 Å². The number of halogens is 1. The van der Waals surface area contributed by atoms with Gasteiger partial charge in [-0.3, -0.25) is 0 Å². The fourth-order valence-electron chi connectivity index (χ4n) is 0.999. The molecule has 0 spiro atoms. The van der Waals surface area contributed by atoms with Crippen LogP contribution in [0, 0.1) is 12.7 Å². The first-order chi connectivity index (χ1) is 4.75. The Morgan fingerprint density at radius 1 is 1.50 bits per heavy atom. The van der Waals surface area contributed by atoms with Crippen molar-refractivity contribution >= 4 is 0 Å². The first kappa shape index (κ1) is 7.26. The van der Waals surface area contributed by atoms with Crippen LogP contribution in [0.2, 0.25) is 0 Å². The van der Waals surface area contributed by atoms with Crippen LogP contribution in [0.15, 0.2) is 18.2 Å². The second-order valence-corrected chi connectivity index (χ2v) is 2.23. The number of benzene rings is 1. The summed E-state index contributed by atoms with van der Waals surface area (Å²) >= 11 is 0. The molecule has 0 aliphatic carbocycles. The molecule has 0 aromatic heterocycles. The van der Waals surface area contributed by atoms with Gasteiger partial charge in [-0.05, 0) is 30.5 Å². The van der Waals surface area contributed by atoms with E-state index in [1.54, 1.807) is 6.07 Å². The first-order valence-corrected chi connectivity index (χ1v) is 3.35. The van der Waals surface area contributed by atoms with Gasteiger partial charge in [-0.15, -0.1) is 0 Å². The zero-order valence-electron chi connectivity index (χ0n) is 6.02. The summed E-state index contributed by atoms with van der Waals surface area (Å²) in [5.41, 5.74) is 1.52. The molecule has 1 aromatic rings. The summed E-state index contributed by atoms with van der Waals surface area (Å²) in [6, 6.07) is 4.96. The largest absolute Gasteiger partial charge is 0.207 e. The maximum atomic E-state index is 12.8. The van der Waals surface area contributed by atoms with E-state index in [4.69, 9.17) is 0 Å². The lowest BCUT2D eigenvalue weighted by Gasteiger charge is -2.01. The van der Waals surface area contributed by atoms with E-state index in [1.807, 2.05) is 13.0 Å². The van der Waals surface area contributed by atoms with E-state index < -0.39 is 0 Å². The molecule has 1 aromatic carbocycles. The molecule has 0 nitrogen and oxygen atoms in total. The standard InChI is InChI=1S/C9H10F/c1-3-8-7(2)5-4-6-9(8)10/h4-6H,2-3H2,1H3. The smallest absolute Gasteiger partial charge is 0.126 e. The minimum atomic E-state index is -0.144. The summed E-state index contributed by atoms with van der Waals surface area (Å²) in [5, 5.41) is 0. The third kappa shape index (κ3) is 1.18.